The first-order valence-corrected chi connectivity index (χ1v) is 6.79. The van der Waals surface area contributed by atoms with Gasteiger partial charge in [-0.2, -0.15) is 0 Å². The topological polar surface area (TPSA) is 34.0 Å². The Bertz CT molecular complexity index is 656. The van der Waals surface area contributed by atoms with Crippen molar-refractivity contribution in [1.82, 2.24) is 9.88 Å². The molecule has 0 unspecified atom stereocenters. The van der Waals surface area contributed by atoms with E-state index in [1.165, 1.54) is 11.1 Å². The quantitative estimate of drug-likeness (QED) is 0.854. The van der Waals surface area contributed by atoms with Crippen molar-refractivity contribution >= 4 is 10.9 Å². The highest BCUT2D eigenvalue weighted by molar-refractivity contribution is 5.83. The van der Waals surface area contributed by atoms with Gasteiger partial charge in [0.15, 0.2) is 0 Å². The van der Waals surface area contributed by atoms with E-state index < -0.39 is 0 Å². The zero-order valence-electron chi connectivity index (χ0n) is 12.2. The predicted octanol–water partition coefficient (Wildman–Crippen LogP) is 2.31. The Kier molecular flexibility index (Phi) is 4.05. The van der Waals surface area contributed by atoms with Crippen LogP contribution in [0, 0.1) is 13.8 Å². The van der Waals surface area contributed by atoms with E-state index in [0.29, 0.717) is 0 Å². The molecule has 0 aliphatic heterocycles. The number of pyridine rings is 1. The molecule has 0 aliphatic carbocycles. The fraction of sp³-hybridized carbons (Fsp3) is 0.438. The molecule has 0 saturated heterocycles. The second-order valence-electron chi connectivity index (χ2n) is 5.19. The lowest BCUT2D eigenvalue weighted by Crippen LogP contribution is -2.22. The van der Waals surface area contributed by atoms with Crippen LogP contribution < -0.4 is 10.9 Å². The molecule has 1 aromatic carbocycles. The molecule has 0 aliphatic rings. The fourth-order valence-corrected chi connectivity index (χ4v) is 2.58. The van der Waals surface area contributed by atoms with Crippen molar-refractivity contribution in [2.24, 2.45) is 7.05 Å². The molecule has 1 heterocycles. The van der Waals surface area contributed by atoms with E-state index in [2.05, 4.69) is 37.4 Å². The summed E-state index contributed by atoms with van der Waals surface area (Å²) in [5, 5.41) is 4.27. The number of benzene rings is 1. The summed E-state index contributed by atoms with van der Waals surface area (Å²) in [5.74, 6) is 0. The Hall–Kier alpha value is -1.61. The van der Waals surface area contributed by atoms with Crippen LogP contribution >= 0.6 is 0 Å². The second-order valence-corrected chi connectivity index (χ2v) is 5.19. The van der Waals surface area contributed by atoms with E-state index in [-0.39, 0.29) is 5.56 Å². The third-order valence-corrected chi connectivity index (χ3v) is 3.85. The normalized spacial score (nSPS) is 11.2. The van der Waals surface area contributed by atoms with E-state index >= 15 is 0 Å². The summed E-state index contributed by atoms with van der Waals surface area (Å²) in [4.78, 5) is 12.4. The average molecular weight is 258 g/mol. The van der Waals surface area contributed by atoms with Crippen LogP contribution in [0.3, 0.4) is 0 Å². The second kappa shape index (κ2) is 5.57. The molecule has 0 saturated carbocycles. The third kappa shape index (κ3) is 2.56. The van der Waals surface area contributed by atoms with Crippen LogP contribution in [0.15, 0.2) is 23.0 Å². The summed E-state index contributed by atoms with van der Waals surface area (Å²) in [5.41, 5.74) is 4.53. The van der Waals surface area contributed by atoms with Crippen LogP contribution in [-0.2, 0) is 13.5 Å². The average Bonchev–Trinajstić information content (AvgIpc) is 2.39. The van der Waals surface area contributed by atoms with E-state index in [9.17, 15) is 4.79 Å². The zero-order valence-corrected chi connectivity index (χ0v) is 12.2. The van der Waals surface area contributed by atoms with Gasteiger partial charge in [-0.15, -0.1) is 0 Å². The maximum absolute atomic E-state index is 12.4. The number of aromatic nitrogens is 1. The van der Waals surface area contributed by atoms with Crippen molar-refractivity contribution in [3.63, 3.8) is 0 Å². The molecular weight excluding hydrogens is 236 g/mol. The van der Waals surface area contributed by atoms with Crippen molar-refractivity contribution in [2.75, 3.05) is 13.6 Å². The number of aryl methyl sites for hydroxylation is 4. The number of hydrogen-bond acceptors (Lipinski definition) is 2. The summed E-state index contributed by atoms with van der Waals surface area (Å²) in [7, 11) is 3.81. The van der Waals surface area contributed by atoms with Gasteiger partial charge in [0.05, 0.1) is 5.52 Å². The van der Waals surface area contributed by atoms with Crippen LogP contribution in [0.25, 0.3) is 10.9 Å². The molecule has 0 spiro atoms. The molecule has 3 nitrogen and oxygen atoms in total. The highest BCUT2D eigenvalue weighted by Gasteiger charge is 2.09. The van der Waals surface area contributed by atoms with Gasteiger partial charge in [-0.3, -0.25) is 4.79 Å². The molecule has 3 heteroatoms. The Labute approximate surface area is 114 Å². The molecule has 0 radical (unpaired) electrons. The summed E-state index contributed by atoms with van der Waals surface area (Å²) in [6, 6.07) is 6.29. The first-order chi connectivity index (χ1) is 9.06. The molecule has 19 heavy (non-hydrogen) atoms. The van der Waals surface area contributed by atoms with Crippen LogP contribution in [0.2, 0.25) is 0 Å². The third-order valence-electron chi connectivity index (χ3n) is 3.85. The first kappa shape index (κ1) is 13.8. The SMILES string of the molecule is CNCCCc1cc2ccc(C)c(C)c2n(C)c1=O. The monoisotopic (exact) mass is 258 g/mol. The van der Waals surface area contributed by atoms with Gasteiger partial charge in [0.25, 0.3) is 5.56 Å². The minimum Gasteiger partial charge on any atom is -0.320 e. The number of nitrogens with one attached hydrogen (secondary N) is 1. The van der Waals surface area contributed by atoms with Gasteiger partial charge in [0.2, 0.25) is 0 Å². The number of hydrogen-bond donors (Lipinski definition) is 1. The lowest BCUT2D eigenvalue weighted by atomic mass is 10.0. The Morgan fingerprint density at radius 3 is 2.68 bits per heavy atom. The van der Waals surface area contributed by atoms with Gasteiger partial charge < -0.3 is 9.88 Å². The highest BCUT2D eigenvalue weighted by atomic mass is 16.1. The Morgan fingerprint density at radius 2 is 2.00 bits per heavy atom. The van der Waals surface area contributed by atoms with Gasteiger partial charge in [-0.05, 0) is 62.9 Å². The van der Waals surface area contributed by atoms with Crippen LogP contribution in [-0.4, -0.2) is 18.2 Å². The lowest BCUT2D eigenvalue weighted by Gasteiger charge is -2.12. The summed E-state index contributed by atoms with van der Waals surface area (Å²) in [6.07, 6.45) is 1.82. The summed E-state index contributed by atoms with van der Waals surface area (Å²) < 4.78 is 1.80. The molecule has 0 amide bonds. The van der Waals surface area contributed by atoms with Crippen molar-refractivity contribution in [2.45, 2.75) is 26.7 Å². The molecule has 102 valence electrons. The number of nitrogens with zero attached hydrogens (tertiary/aromatic N) is 1. The minimum atomic E-state index is 0.136. The summed E-state index contributed by atoms with van der Waals surface area (Å²) >= 11 is 0. The van der Waals surface area contributed by atoms with Crippen molar-refractivity contribution in [3.05, 3.63) is 45.2 Å². The maximum Gasteiger partial charge on any atom is 0.253 e. The van der Waals surface area contributed by atoms with Gasteiger partial charge in [0.1, 0.15) is 0 Å². The van der Waals surface area contributed by atoms with Crippen LogP contribution in [0.1, 0.15) is 23.1 Å². The fourth-order valence-electron chi connectivity index (χ4n) is 2.58. The van der Waals surface area contributed by atoms with Gasteiger partial charge in [0, 0.05) is 12.6 Å². The molecular formula is C16H22N2O. The van der Waals surface area contributed by atoms with E-state index in [1.807, 2.05) is 14.1 Å². The smallest absolute Gasteiger partial charge is 0.253 e. The zero-order chi connectivity index (χ0) is 14.0. The van der Waals surface area contributed by atoms with E-state index in [0.717, 1.165) is 35.9 Å². The molecule has 1 aromatic heterocycles. The van der Waals surface area contributed by atoms with E-state index in [4.69, 9.17) is 0 Å². The molecule has 1 N–H and O–H groups in total. The maximum atomic E-state index is 12.4. The van der Waals surface area contributed by atoms with Crippen molar-refractivity contribution in [3.8, 4) is 0 Å². The molecule has 0 bridgehead atoms. The molecule has 2 aromatic rings. The molecule has 0 atom stereocenters. The van der Waals surface area contributed by atoms with Gasteiger partial charge in [-0.1, -0.05) is 12.1 Å². The van der Waals surface area contributed by atoms with Gasteiger partial charge in [-0.25, -0.2) is 0 Å². The highest BCUT2D eigenvalue weighted by Crippen LogP contribution is 2.20. The molecule has 2 rings (SSSR count). The molecule has 0 fully saturated rings. The predicted molar refractivity (Wildman–Crippen MR) is 80.9 cm³/mol. The van der Waals surface area contributed by atoms with E-state index in [1.54, 1.807) is 4.57 Å². The minimum absolute atomic E-state index is 0.136. The van der Waals surface area contributed by atoms with Crippen LogP contribution in [0.5, 0.6) is 0 Å². The van der Waals surface area contributed by atoms with Crippen LogP contribution in [0.4, 0.5) is 0 Å². The lowest BCUT2D eigenvalue weighted by molar-refractivity contribution is 0.715. The summed E-state index contributed by atoms with van der Waals surface area (Å²) in [6.45, 7) is 5.10. The first-order valence-electron chi connectivity index (χ1n) is 6.79. The number of rotatable bonds is 4. The Morgan fingerprint density at radius 1 is 1.26 bits per heavy atom. The largest absolute Gasteiger partial charge is 0.320 e. The van der Waals surface area contributed by atoms with Gasteiger partial charge >= 0.3 is 0 Å². The van der Waals surface area contributed by atoms with Crippen molar-refractivity contribution < 1.29 is 0 Å². The van der Waals surface area contributed by atoms with Crippen molar-refractivity contribution in [1.29, 1.82) is 0 Å². The number of fused-ring (bicyclic) bond motifs is 1. The standard InChI is InChI=1S/C16H22N2O/c1-11-7-8-13-10-14(6-5-9-17-3)16(19)18(4)15(13)12(11)2/h7-8,10,17H,5-6,9H2,1-4H3. The Balaban J connectivity index is 2.56.